The highest BCUT2D eigenvalue weighted by atomic mass is 16.4. The van der Waals surface area contributed by atoms with Gasteiger partial charge in [-0.2, -0.15) is 0 Å². The molecule has 0 aromatic heterocycles. The first-order valence-corrected chi connectivity index (χ1v) is 13.8. The standard InChI is InChI=1S/C32H28N2O9/c1-34(2)25-20-12-13-11-19-17(16-7-8-18(31(41)42)15-6-4-3-5-14(15)16)9-10-21(35)23(19)26(36)22(13)28(38)32(20,43)29(39)24(27(25)37)30(33)40/h3-10,13,20,22,24-25,35,43H,11-12H2,1-2H3,(H2,33,40)(H,41,42)/t13-,20-,22?,24?,25-,32-/m1/s1. The minimum atomic E-state index is -2.80. The lowest BCUT2D eigenvalue weighted by molar-refractivity contribution is -0.181. The molecule has 5 N–H and O–H groups in total. The third-order valence-corrected chi connectivity index (χ3v) is 9.39. The highest BCUT2D eigenvalue weighted by molar-refractivity contribution is 6.32. The Morgan fingerprint density at radius 1 is 0.930 bits per heavy atom. The van der Waals surface area contributed by atoms with Gasteiger partial charge < -0.3 is 21.1 Å². The lowest BCUT2D eigenvalue weighted by Crippen LogP contribution is -2.74. The molecule has 0 radical (unpaired) electrons. The Kier molecular flexibility index (Phi) is 6.37. The fraction of sp³-hybridized carbons (Fsp3) is 0.312. The first-order chi connectivity index (χ1) is 20.3. The molecular formula is C32H28N2O9. The van der Waals surface area contributed by atoms with Crippen molar-refractivity contribution in [1.29, 1.82) is 0 Å². The average Bonchev–Trinajstić information content (AvgIpc) is 2.94. The number of carbonyl (C=O) groups is 6. The summed E-state index contributed by atoms with van der Waals surface area (Å²) in [5.41, 5.74) is 4.12. The monoisotopic (exact) mass is 584 g/mol. The van der Waals surface area contributed by atoms with Crippen LogP contribution < -0.4 is 5.73 Å². The molecule has 3 aromatic carbocycles. The smallest absolute Gasteiger partial charge is 0.336 e. The molecule has 2 fully saturated rings. The number of carboxylic acids is 1. The van der Waals surface area contributed by atoms with Gasteiger partial charge in [-0.25, -0.2) is 4.79 Å². The summed E-state index contributed by atoms with van der Waals surface area (Å²) in [5, 5.41) is 33.4. The lowest BCUT2D eigenvalue weighted by atomic mass is 9.52. The van der Waals surface area contributed by atoms with Gasteiger partial charge in [0.2, 0.25) is 5.91 Å². The van der Waals surface area contributed by atoms with Crippen molar-refractivity contribution in [3.05, 3.63) is 65.2 Å². The number of aromatic hydroxyl groups is 1. The molecule has 11 heteroatoms. The first-order valence-electron chi connectivity index (χ1n) is 13.8. The molecule has 3 aliphatic rings. The molecule has 0 heterocycles. The average molecular weight is 585 g/mol. The van der Waals surface area contributed by atoms with E-state index in [0.29, 0.717) is 27.5 Å². The molecule has 0 aliphatic heterocycles. The van der Waals surface area contributed by atoms with Crippen LogP contribution in [0.3, 0.4) is 0 Å². The summed E-state index contributed by atoms with van der Waals surface area (Å²) in [7, 11) is 3.05. The number of hydrogen-bond donors (Lipinski definition) is 4. The normalized spacial score (nSPS) is 28.4. The summed E-state index contributed by atoms with van der Waals surface area (Å²) < 4.78 is 0. The molecule has 0 bridgehead atoms. The zero-order valence-electron chi connectivity index (χ0n) is 23.2. The van der Waals surface area contributed by atoms with Gasteiger partial charge >= 0.3 is 5.97 Å². The summed E-state index contributed by atoms with van der Waals surface area (Å²) in [6.07, 6.45) is 0.0161. The number of nitrogens with two attached hydrogens (primary N) is 1. The fourth-order valence-electron chi connectivity index (χ4n) is 7.58. The Morgan fingerprint density at radius 3 is 2.21 bits per heavy atom. The van der Waals surface area contributed by atoms with Gasteiger partial charge in [0.25, 0.3) is 0 Å². The number of hydrogen-bond acceptors (Lipinski definition) is 9. The number of Topliss-reactive ketones (excluding diaryl/α,β-unsaturated/α-hetero) is 4. The van der Waals surface area contributed by atoms with Crippen molar-refractivity contribution in [2.75, 3.05) is 14.1 Å². The molecule has 11 nitrogen and oxygen atoms in total. The number of benzene rings is 3. The Morgan fingerprint density at radius 2 is 1.58 bits per heavy atom. The number of ketones is 4. The van der Waals surface area contributed by atoms with Gasteiger partial charge in [0, 0.05) is 5.92 Å². The molecule has 43 heavy (non-hydrogen) atoms. The molecule has 0 saturated heterocycles. The van der Waals surface area contributed by atoms with Crippen LogP contribution in [-0.2, 0) is 25.6 Å². The number of carbonyl (C=O) groups excluding carboxylic acids is 5. The minimum absolute atomic E-state index is 0.0717. The number of phenols is 1. The third-order valence-electron chi connectivity index (χ3n) is 9.39. The minimum Gasteiger partial charge on any atom is -0.507 e. The van der Waals surface area contributed by atoms with E-state index in [1.54, 1.807) is 36.4 Å². The van der Waals surface area contributed by atoms with Gasteiger partial charge in [0.05, 0.1) is 23.1 Å². The second kappa shape index (κ2) is 9.65. The second-order valence-corrected chi connectivity index (χ2v) is 11.8. The van der Waals surface area contributed by atoms with Crippen molar-refractivity contribution in [3.63, 3.8) is 0 Å². The van der Waals surface area contributed by atoms with Gasteiger partial charge in [-0.3, -0.25) is 28.9 Å². The SMILES string of the molecule is CN(C)[C@H]1C(=O)C(C(N)=O)C(=O)[C@]2(O)C(=O)C3C(=O)c4c(O)ccc(-c5ccc(C(=O)O)c6ccccc56)c4C[C@@H]3C[C@H]12. The second-order valence-electron chi connectivity index (χ2n) is 11.8. The number of rotatable bonds is 4. The molecule has 3 aliphatic carbocycles. The number of primary amides is 1. The van der Waals surface area contributed by atoms with E-state index in [-0.39, 0.29) is 29.7 Å². The van der Waals surface area contributed by atoms with Crippen molar-refractivity contribution in [1.82, 2.24) is 4.90 Å². The number of amides is 1. The summed E-state index contributed by atoms with van der Waals surface area (Å²) >= 11 is 0. The fourth-order valence-corrected chi connectivity index (χ4v) is 7.58. The molecule has 2 saturated carbocycles. The third kappa shape index (κ3) is 3.81. The van der Waals surface area contributed by atoms with Crippen LogP contribution in [0, 0.1) is 23.7 Å². The van der Waals surface area contributed by atoms with E-state index in [2.05, 4.69) is 0 Å². The van der Waals surface area contributed by atoms with Crippen molar-refractivity contribution in [3.8, 4) is 16.9 Å². The van der Waals surface area contributed by atoms with Crippen LogP contribution in [-0.4, -0.2) is 81.0 Å². The van der Waals surface area contributed by atoms with E-state index in [1.807, 2.05) is 0 Å². The van der Waals surface area contributed by atoms with Gasteiger partial charge in [-0.1, -0.05) is 36.4 Å². The topological polar surface area (TPSA) is 192 Å². The molecular weight excluding hydrogens is 556 g/mol. The van der Waals surface area contributed by atoms with Gasteiger partial charge in [-0.05, 0) is 72.5 Å². The van der Waals surface area contributed by atoms with Crippen LogP contribution in [0.2, 0.25) is 0 Å². The van der Waals surface area contributed by atoms with Crippen molar-refractivity contribution < 1.29 is 44.1 Å². The van der Waals surface area contributed by atoms with Crippen LogP contribution in [0.15, 0.2) is 48.5 Å². The van der Waals surface area contributed by atoms with Gasteiger partial charge in [0.15, 0.2) is 34.7 Å². The Hall–Kier alpha value is -4.74. The Labute approximate surface area is 244 Å². The molecule has 6 rings (SSSR count). The Bertz CT molecular complexity index is 1810. The number of aliphatic hydroxyl groups is 1. The molecule has 6 atom stereocenters. The summed E-state index contributed by atoms with van der Waals surface area (Å²) in [4.78, 5) is 80.3. The van der Waals surface area contributed by atoms with Crippen LogP contribution >= 0.6 is 0 Å². The number of likely N-dealkylation sites (N-methyl/N-ethyl adjacent to an activating group) is 1. The highest BCUT2D eigenvalue weighted by Crippen LogP contribution is 2.52. The van der Waals surface area contributed by atoms with Crippen molar-refractivity contribution in [2.24, 2.45) is 29.4 Å². The summed E-state index contributed by atoms with van der Waals surface area (Å²) in [6, 6.07) is 11.7. The molecule has 220 valence electrons. The molecule has 3 aromatic rings. The molecule has 2 unspecified atom stereocenters. The maximum absolute atomic E-state index is 14.0. The number of nitrogens with zero attached hydrogens (tertiary/aromatic N) is 1. The van der Waals surface area contributed by atoms with Crippen LogP contribution in [0.4, 0.5) is 0 Å². The van der Waals surface area contributed by atoms with E-state index in [4.69, 9.17) is 5.73 Å². The maximum atomic E-state index is 14.0. The molecule has 1 amide bonds. The van der Waals surface area contributed by atoms with Gasteiger partial charge in [0.1, 0.15) is 5.75 Å². The highest BCUT2D eigenvalue weighted by Gasteiger charge is 2.69. The summed E-state index contributed by atoms with van der Waals surface area (Å²) in [5.74, 6) is -12.3. The predicted octanol–water partition coefficient (Wildman–Crippen LogP) is 1.39. The predicted molar refractivity (Wildman–Crippen MR) is 151 cm³/mol. The largest absolute Gasteiger partial charge is 0.507 e. The van der Waals surface area contributed by atoms with E-state index in [0.717, 1.165) is 0 Å². The maximum Gasteiger partial charge on any atom is 0.336 e. The Balaban J connectivity index is 1.53. The van der Waals surface area contributed by atoms with E-state index < -0.39 is 70.3 Å². The van der Waals surface area contributed by atoms with Crippen molar-refractivity contribution >= 4 is 45.8 Å². The zero-order valence-corrected chi connectivity index (χ0v) is 23.2. The first kappa shape index (κ1) is 28.4. The van der Waals surface area contributed by atoms with E-state index in [1.165, 1.54) is 31.1 Å². The number of fused-ring (bicyclic) bond motifs is 4. The molecule has 0 spiro atoms. The van der Waals surface area contributed by atoms with Crippen LogP contribution in [0.1, 0.15) is 32.7 Å². The van der Waals surface area contributed by atoms with Crippen molar-refractivity contribution in [2.45, 2.75) is 24.5 Å². The van der Waals surface area contributed by atoms with E-state index in [9.17, 15) is 44.1 Å². The van der Waals surface area contributed by atoms with Gasteiger partial charge in [-0.15, -0.1) is 0 Å². The number of phenolic OH excluding ortho intramolecular Hbond substituents is 1. The summed E-state index contributed by atoms with van der Waals surface area (Å²) in [6.45, 7) is 0. The number of carboxylic acid groups (broad SMARTS) is 1. The van der Waals surface area contributed by atoms with Crippen LogP contribution in [0.5, 0.6) is 5.75 Å². The quantitative estimate of drug-likeness (QED) is 0.326. The number of aromatic carboxylic acids is 1. The van der Waals surface area contributed by atoms with E-state index >= 15 is 0 Å². The van der Waals surface area contributed by atoms with Crippen LogP contribution in [0.25, 0.3) is 21.9 Å². The zero-order chi connectivity index (χ0) is 31.1. The lowest BCUT2D eigenvalue weighted by Gasteiger charge is -2.52.